The second-order valence-corrected chi connectivity index (χ2v) is 6.35. The van der Waals surface area contributed by atoms with Crippen molar-refractivity contribution < 1.29 is 14.4 Å². The van der Waals surface area contributed by atoms with Gasteiger partial charge in [-0.2, -0.15) is 5.06 Å². The van der Waals surface area contributed by atoms with Gasteiger partial charge in [-0.25, -0.2) is 4.79 Å². The van der Waals surface area contributed by atoms with E-state index < -0.39 is 6.09 Å². The summed E-state index contributed by atoms with van der Waals surface area (Å²) in [6.45, 7) is 17.3. The highest BCUT2D eigenvalue weighted by Crippen LogP contribution is 2.28. The van der Waals surface area contributed by atoms with E-state index in [4.69, 9.17) is 9.57 Å². The van der Waals surface area contributed by atoms with Gasteiger partial charge in [0.05, 0.1) is 19.8 Å². The Morgan fingerprint density at radius 2 is 1.95 bits per heavy atom. The molecule has 1 amide bonds. The van der Waals surface area contributed by atoms with Crippen molar-refractivity contribution in [1.82, 2.24) is 5.06 Å². The van der Waals surface area contributed by atoms with Gasteiger partial charge in [0.25, 0.3) is 0 Å². The summed E-state index contributed by atoms with van der Waals surface area (Å²) in [6.07, 6.45) is 1.75. The van der Waals surface area contributed by atoms with E-state index in [1.54, 1.807) is 6.92 Å². The maximum absolute atomic E-state index is 11.9. The highest BCUT2D eigenvalue weighted by atomic mass is 16.7. The smallest absolute Gasteiger partial charge is 0.433 e. The van der Waals surface area contributed by atoms with Crippen LogP contribution in [0.4, 0.5) is 4.79 Å². The number of hydrogen-bond acceptors (Lipinski definition) is 3. The zero-order valence-corrected chi connectivity index (χ0v) is 14.0. The zero-order chi connectivity index (χ0) is 15.8. The third-order valence-corrected chi connectivity index (χ3v) is 3.11. The monoisotopic (exact) mass is 285 g/mol. The molecule has 0 aliphatic carbocycles. The summed E-state index contributed by atoms with van der Waals surface area (Å²) in [5, 5.41) is 1.33. The lowest BCUT2D eigenvalue weighted by Crippen LogP contribution is -2.40. The Morgan fingerprint density at radius 3 is 2.40 bits per heavy atom. The van der Waals surface area contributed by atoms with Crippen molar-refractivity contribution in [3.8, 4) is 0 Å². The maximum Gasteiger partial charge on any atom is 0.433 e. The SMILES string of the molecule is C=C(C)CON(CC(C)(C)CC(C)CC)C(=O)OCC. The van der Waals surface area contributed by atoms with E-state index in [0.717, 1.165) is 18.4 Å². The fourth-order valence-corrected chi connectivity index (χ4v) is 2.09. The summed E-state index contributed by atoms with van der Waals surface area (Å²) in [7, 11) is 0. The molecule has 0 spiro atoms. The highest BCUT2D eigenvalue weighted by molar-refractivity contribution is 5.66. The molecule has 0 aliphatic heterocycles. The van der Waals surface area contributed by atoms with Crippen LogP contribution < -0.4 is 0 Å². The van der Waals surface area contributed by atoms with Gasteiger partial charge in [-0.3, -0.25) is 4.84 Å². The van der Waals surface area contributed by atoms with E-state index in [-0.39, 0.29) is 5.41 Å². The Bertz CT molecular complexity index is 313. The zero-order valence-electron chi connectivity index (χ0n) is 14.0. The molecular formula is C16H31NO3. The molecule has 0 saturated heterocycles. The Morgan fingerprint density at radius 1 is 1.35 bits per heavy atom. The summed E-state index contributed by atoms with van der Waals surface area (Å²) < 4.78 is 5.05. The van der Waals surface area contributed by atoms with Crippen LogP contribution in [0.15, 0.2) is 12.2 Å². The van der Waals surface area contributed by atoms with Gasteiger partial charge in [-0.05, 0) is 31.6 Å². The summed E-state index contributed by atoms with van der Waals surface area (Å²) in [5.74, 6) is 0.621. The Hall–Kier alpha value is -1.03. The Kier molecular flexibility index (Phi) is 8.54. The van der Waals surface area contributed by atoms with Crippen molar-refractivity contribution in [3.05, 3.63) is 12.2 Å². The maximum atomic E-state index is 11.9. The number of hydrogen-bond donors (Lipinski definition) is 0. The third kappa shape index (κ3) is 8.20. The van der Waals surface area contributed by atoms with Crippen LogP contribution >= 0.6 is 0 Å². The third-order valence-electron chi connectivity index (χ3n) is 3.11. The summed E-state index contributed by atoms with van der Waals surface area (Å²) in [6, 6.07) is 0. The number of ether oxygens (including phenoxy) is 1. The fraction of sp³-hybridized carbons (Fsp3) is 0.812. The molecule has 0 radical (unpaired) electrons. The quantitative estimate of drug-likeness (QED) is 0.465. The van der Waals surface area contributed by atoms with Gasteiger partial charge in [0.1, 0.15) is 0 Å². The number of amides is 1. The predicted molar refractivity (Wildman–Crippen MR) is 82.3 cm³/mol. The van der Waals surface area contributed by atoms with E-state index in [9.17, 15) is 4.79 Å². The average molecular weight is 285 g/mol. The van der Waals surface area contributed by atoms with E-state index >= 15 is 0 Å². The van der Waals surface area contributed by atoms with Crippen molar-refractivity contribution in [2.24, 2.45) is 11.3 Å². The number of carbonyl (C=O) groups is 1. The molecule has 4 nitrogen and oxygen atoms in total. The van der Waals surface area contributed by atoms with Gasteiger partial charge < -0.3 is 4.74 Å². The van der Waals surface area contributed by atoms with E-state index in [2.05, 4.69) is 34.3 Å². The van der Waals surface area contributed by atoms with Gasteiger partial charge in [-0.15, -0.1) is 0 Å². The first-order valence-corrected chi connectivity index (χ1v) is 7.43. The molecule has 0 rings (SSSR count). The normalized spacial score (nSPS) is 12.9. The minimum absolute atomic E-state index is 0.0166. The molecule has 0 aliphatic rings. The molecule has 0 N–H and O–H groups in total. The molecule has 20 heavy (non-hydrogen) atoms. The molecule has 0 fully saturated rings. The van der Waals surface area contributed by atoms with Crippen LogP contribution in [-0.2, 0) is 9.57 Å². The lowest BCUT2D eigenvalue weighted by Gasteiger charge is -2.33. The summed E-state index contributed by atoms with van der Waals surface area (Å²) in [4.78, 5) is 17.5. The molecule has 0 saturated carbocycles. The summed E-state index contributed by atoms with van der Waals surface area (Å²) >= 11 is 0. The predicted octanol–water partition coefficient (Wildman–Crippen LogP) is 4.42. The van der Waals surface area contributed by atoms with Crippen LogP contribution in [0.25, 0.3) is 0 Å². The second-order valence-electron chi connectivity index (χ2n) is 6.35. The van der Waals surface area contributed by atoms with Crippen LogP contribution in [0.5, 0.6) is 0 Å². The van der Waals surface area contributed by atoms with Crippen molar-refractivity contribution in [2.45, 2.75) is 54.4 Å². The minimum Gasteiger partial charge on any atom is -0.448 e. The molecule has 0 heterocycles. The van der Waals surface area contributed by atoms with Crippen molar-refractivity contribution in [3.63, 3.8) is 0 Å². The second kappa shape index (κ2) is 9.01. The summed E-state index contributed by atoms with van der Waals surface area (Å²) in [5.41, 5.74) is 0.857. The molecule has 0 bridgehead atoms. The van der Waals surface area contributed by atoms with Crippen molar-refractivity contribution >= 4 is 6.09 Å². The lowest BCUT2D eigenvalue weighted by molar-refractivity contribution is -0.144. The van der Waals surface area contributed by atoms with Gasteiger partial charge in [0, 0.05) is 0 Å². The van der Waals surface area contributed by atoms with Crippen LogP contribution in [0.1, 0.15) is 54.4 Å². The van der Waals surface area contributed by atoms with Gasteiger partial charge in [-0.1, -0.05) is 46.3 Å². The first-order valence-electron chi connectivity index (χ1n) is 7.43. The van der Waals surface area contributed by atoms with E-state index in [0.29, 0.717) is 25.7 Å². The molecular weight excluding hydrogens is 254 g/mol. The molecule has 1 unspecified atom stereocenters. The minimum atomic E-state index is -0.425. The van der Waals surface area contributed by atoms with Crippen LogP contribution in [0.3, 0.4) is 0 Å². The fourth-order valence-electron chi connectivity index (χ4n) is 2.09. The standard InChI is InChI=1S/C16H31NO3/c1-8-14(5)10-16(6,7)12-17(15(18)19-9-2)20-11-13(3)4/h14H,3,8-12H2,1-2,4-7H3. The number of rotatable bonds is 9. The van der Waals surface area contributed by atoms with E-state index in [1.807, 2.05) is 6.92 Å². The number of nitrogens with zero attached hydrogens (tertiary/aromatic N) is 1. The first kappa shape index (κ1) is 19.0. The molecule has 1 atom stereocenters. The largest absolute Gasteiger partial charge is 0.448 e. The lowest BCUT2D eigenvalue weighted by atomic mass is 9.82. The van der Waals surface area contributed by atoms with Crippen molar-refractivity contribution in [2.75, 3.05) is 19.8 Å². The van der Waals surface area contributed by atoms with Gasteiger partial charge in [0.15, 0.2) is 0 Å². The Balaban J connectivity index is 4.67. The number of hydroxylamine groups is 2. The molecule has 4 heteroatoms. The van der Waals surface area contributed by atoms with Crippen molar-refractivity contribution in [1.29, 1.82) is 0 Å². The first-order chi connectivity index (χ1) is 9.21. The average Bonchev–Trinajstić information content (AvgIpc) is 2.33. The van der Waals surface area contributed by atoms with Gasteiger partial charge in [0.2, 0.25) is 0 Å². The van der Waals surface area contributed by atoms with Gasteiger partial charge >= 0.3 is 6.09 Å². The molecule has 118 valence electrons. The van der Waals surface area contributed by atoms with E-state index in [1.165, 1.54) is 5.06 Å². The molecule has 0 aromatic rings. The van der Waals surface area contributed by atoms with Crippen LogP contribution in [0, 0.1) is 11.3 Å². The van der Waals surface area contributed by atoms with Crippen LogP contribution in [0.2, 0.25) is 0 Å². The highest BCUT2D eigenvalue weighted by Gasteiger charge is 2.28. The number of carbonyl (C=O) groups excluding carboxylic acids is 1. The molecule has 0 aromatic carbocycles. The van der Waals surface area contributed by atoms with Crippen LogP contribution in [-0.4, -0.2) is 30.9 Å². The molecule has 0 aromatic heterocycles. The Labute approximate surface area is 124 Å². The topological polar surface area (TPSA) is 38.8 Å².